The molecule has 0 radical (unpaired) electrons. The highest BCUT2D eigenvalue weighted by Gasteiger charge is 2.29. The molecule has 1 aliphatic rings. The van der Waals surface area contributed by atoms with Crippen LogP contribution in [0.2, 0.25) is 0 Å². The van der Waals surface area contributed by atoms with Crippen LogP contribution in [0.5, 0.6) is 0 Å². The van der Waals surface area contributed by atoms with E-state index in [0.717, 1.165) is 0 Å². The minimum absolute atomic E-state index is 0.0562. The first kappa shape index (κ1) is 16.7. The summed E-state index contributed by atoms with van der Waals surface area (Å²) in [5, 5.41) is 14.1. The Morgan fingerprint density at radius 2 is 2.05 bits per heavy atom. The number of likely N-dealkylation sites (tertiary alicyclic amines) is 1. The lowest BCUT2D eigenvalue weighted by atomic mass is 10.1. The molecule has 1 fully saturated rings. The molecular formula is C12H20N4O5. The third-order valence-electron chi connectivity index (χ3n) is 3.16. The first-order chi connectivity index (χ1) is 9.79. The molecule has 4 amide bonds. The molecule has 9 nitrogen and oxygen atoms in total. The van der Waals surface area contributed by atoms with Crippen molar-refractivity contribution in [1.82, 2.24) is 15.5 Å². The van der Waals surface area contributed by atoms with E-state index in [2.05, 4.69) is 10.6 Å². The molecule has 1 unspecified atom stereocenters. The number of nitrogens with zero attached hydrogens (tertiary/aromatic N) is 1. The summed E-state index contributed by atoms with van der Waals surface area (Å²) in [6.07, 6.45) is 0.442. The molecule has 21 heavy (non-hydrogen) atoms. The van der Waals surface area contributed by atoms with E-state index >= 15 is 0 Å². The van der Waals surface area contributed by atoms with Gasteiger partial charge < -0.3 is 26.4 Å². The maximum atomic E-state index is 12.0. The Hall–Kier alpha value is -2.32. The number of carboxylic acids is 1. The summed E-state index contributed by atoms with van der Waals surface area (Å²) >= 11 is 0. The Labute approximate surface area is 121 Å². The first-order valence-electron chi connectivity index (χ1n) is 6.63. The van der Waals surface area contributed by atoms with Crippen molar-refractivity contribution in [2.75, 3.05) is 13.1 Å². The Bertz CT molecular complexity index is 439. The minimum Gasteiger partial charge on any atom is -0.480 e. The summed E-state index contributed by atoms with van der Waals surface area (Å²) in [6.45, 7) is 2.15. The van der Waals surface area contributed by atoms with Gasteiger partial charge in [0.1, 0.15) is 6.04 Å². The molecule has 118 valence electrons. The molecular weight excluding hydrogens is 280 g/mol. The first-order valence-corrected chi connectivity index (χ1v) is 6.63. The number of carboxylic acid groups (broad SMARTS) is 1. The topological polar surface area (TPSA) is 142 Å². The minimum atomic E-state index is -1.22. The molecule has 1 rings (SSSR count). The summed E-state index contributed by atoms with van der Waals surface area (Å²) in [4.78, 5) is 46.0. The third kappa shape index (κ3) is 5.67. The Balaban J connectivity index is 2.48. The molecule has 1 saturated heterocycles. The number of nitrogens with one attached hydrogen (secondary N) is 2. The highest BCUT2D eigenvalue weighted by atomic mass is 16.4. The van der Waals surface area contributed by atoms with Gasteiger partial charge in [0, 0.05) is 32.5 Å². The normalized spacial score (nSPS) is 18.9. The van der Waals surface area contributed by atoms with E-state index in [1.165, 1.54) is 11.8 Å². The summed E-state index contributed by atoms with van der Waals surface area (Å²) in [5.74, 6) is -2.02. The SMILES string of the molecule is CC(=O)NC1CCN(C(=O)N[C@H](CCC(N)=O)C(=O)O)C1. The fourth-order valence-corrected chi connectivity index (χ4v) is 2.13. The second kappa shape index (κ2) is 7.46. The number of primary amides is 1. The molecule has 0 aromatic carbocycles. The second-order valence-electron chi connectivity index (χ2n) is 4.98. The molecule has 0 aliphatic carbocycles. The lowest BCUT2D eigenvalue weighted by Crippen LogP contribution is -2.48. The number of hydrogen-bond acceptors (Lipinski definition) is 4. The summed E-state index contributed by atoms with van der Waals surface area (Å²) < 4.78 is 0. The van der Waals surface area contributed by atoms with Crippen molar-refractivity contribution in [3.05, 3.63) is 0 Å². The smallest absolute Gasteiger partial charge is 0.326 e. The molecule has 0 spiro atoms. The van der Waals surface area contributed by atoms with Gasteiger partial charge in [-0.25, -0.2) is 9.59 Å². The zero-order valence-electron chi connectivity index (χ0n) is 11.8. The van der Waals surface area contributed by atoms with Gasteiger partial charge in [-0.1, -0.05) is 0 Å². The predicted molar refractivity (Wildman–Crippen MR) is 72.2 cm³/mol. The van der Waals surface area contributed by atoms with E-state index in [1.807, 2.05) is 0 Å². The summed E-state index contributed by atoms with van der Waals surface area (Å²) in [7, 11) is 0. The van der Waals surface area contributed by atoms with Crippen LogP contribution < -0.4 is 16.4 Å². The van der Waals surface area contributed by atoms with Crippen LogP contribution >= 0.6 is 0 Å². The van der Waals surface area contributed by atoms with Gasteiger partial charge in [-0.2, -0.15) is 0 Å². The quantitative estimate of drug-likeness (QED) is 0.478. The van der Waals surface area contributed by atoms with E-state index in [4.69, 9.17) is 10.8 Å². The van der Waals surface area contributed by atoms with Crippen molar-refractivity contribution < 1.29 is 24.3 Å². The van der Waals surface area contributed by atoms with Crippen LogP contribution in [0.3, 0.4) is 0 Å². The van der Waals surface area contributed by atoms with Crippen LogP contribution in [0.1, 0.15) is 26.2 Å². The van der Waals surface area contributed by atoms with Crippen LogP contribution in [0.4, 0.5) is 4.79 Å². The summed E-state index contributed by atoms with van der Waals surface area (Å²) in [6, 6.07) is -1.81. The van der Waals surface area contributed by atoms with Crippen molar-refractivity contribution in [3.8, 4) is 0 Å². The predicted octanol–water partition coefficient (Wildman–Crippen LogP) is -1.37. The van der Waals surface area contributed by atoms with Crippen LogP contribution in [-0.2, 0) is 14.4 Å². The van der Waals surface area contributed by atoms with Crippen LogP contribution in [0.15, 0.2) is 0 Å². The molecule has 0 bridgehead atoms. The lowest BCUT2D eigenvalue weighted by Gasteiger charge is -2.21. The third-order valence-corrected chi connectivity index (χ3v) is 3.16. The second-order valence-corrected chi connectivity index (χ2v) is 4.98. The number of nitrogens with two attached hydrogens (primary N) is 1. The zero-order chi connectivity index (χ0) is 16.0. The standard InChI is InChI=1S/C12H20N4O5/c1-7(17)14-8-4-5-16(6-8)12(21)15-9(11(19)20)2-3-10(13)18/h8-9H,2-6H2,1H3,(H2,13,18)(H,14,17)(H,15,21)(H,19,20)/t8?,9-/m1/s1. The van der Waals surface area contributed by atoms with E-state index in [-0.39, 0.29) is 24.8 Å². The van der Waals surface area contributed by atoms with Gasteiger partial charge in [0.05, 0.1) is 0 Å². The van der Waals surface area contributed by atoms with Crippen molar-refractivity contribution in [1.29, 1.82) is 0 Å². The van der Waals surface area contributed by atoms with Gasteiger partial charge in [-0.15, -0.1) is 0 Å². The van der Waals surface area contributed by atoms with Crippen molar-refractivity contribution in [2.24, 2.45) is 5.73 Å². The number of carbonyl (C=O) groups excluding carboxylic acids is 3. The number of hydrogen-bond donors (Lipinski definition) is 4. The highest BCUT2D eigenvalue weighted by molar-refractivity contribution is 5.83. The molecule has 1 heterocycles. The van der Waals surface area contributed by atoms with Crippen molar-refractivity contribution in [2.45, 2.75) is 38.3 Å². The summed E-state index contributed by atoms with van der Waals surface area (Å²) in [5.41, 5.74) is 4.96. The van der Waals surface area contributed by atoms with Gasteiger partial charge >= 0.3 is 12.0 Å². The zero-order valence-corrected chi connectivity index (χ0v) is 11.8. The average molecular weight is 300 g/mol. The van der Waals surface area contributed by atoms with Gasteiger partial charge in [0.2, 0.25) is 11.8 Å². The molecule has 5 N–H and O–H groups in total. The Kier molecular flexibility index (Phi) is 5.94. The largest absolute Gasteiger partial charge is 0.480 e. The molecule has 2 atom stereocenters. The fourth-order valence-electron chi connectivity index (χ4n) is 2.13. The number of urea groups is 1. The van der Waals surface area contributed by atoms with Gasteiger partial charge in [-0.3, -0.25) is 9.59 Å². The Morgan fingerprint density at radius 3 is 2.57 bits per heavy atom. The van der Waals surface area contributed by atoms with Crippen LogP contribution in [-0.4, -0.2) is 59.0 Å². The Morgan fingerprint density at radius 1 is 1.38 bits per heavy atom. The van der Waals surface area contributed by atoms with E-state index in [0.29, 0.717) is 19.5 Å². The fraction of sp³-hybridized carbons (Fsp3) is 0.667. The number of rotatable bonds is 6. The van der Waals surface area contributed by atoms with Crippen molar-refractivity contribution >= 4 is 23.8 Å². The van der Waals surface area contributed by atoms with Crippen LogP contribution in [0.25, 0.3) is 0 Å². The number of amides is 4. The molecule has 0 aromatic rings. The van der Waals surface area contributed by atoms with E-state index in [9.17, 15) is 19.2 Å². The van der Waals surface area contributed by atoms with Crippen molar-refractivity contribution in [3.63, 3.8) is 0 Å². The van der Waals surface area contributed by atoms with E-state index < -0.39 is 23.9 Å². The monoisotopic (exact) mass is 300 g/mol. The van der Waals surface area contributed by atoms with Gasteiger partial charge in [0.15, 0.2) is 0 Å². The maximum Gasteiger partial charge on any atom is 0.326 e. The van der Waals surface area contributed by atoms with E-state index in [1.54, 1.807) is 0 Å². The number of aliphatic carboxylic acids is 1. The number of carbonyl (C=O) groups is 4. The maximum absolute atomic E-state index is 12.0. The van der Waals surface area contributed by atoms with Gasteiger partial charge in [-0.05, 0) is 12.8 Å². The van der Waals surface area contributed by atoms with Gasteiger partial charge in [0.25, 0.3) is 0 Å². The highest BCUT2D eigenvalue weighted by Crippen LogP contribution is 2.10. The molecule has 0 saturated carbocycles. The molecule has 1 aliphatic heterocycles. The molecule has 0 aromatic heterocycles. The molecule has 9 heteroatoms. The average Bonchev–Trinajstić information content (AvgIpc) is 2.81. The lowest BCUT2D eigenvalue weighted by molar-refractivity contribution is -0.139. The van der Waals surface area contributed by atoms with Crippen LogP contribution in [0, 0.1) is 0 Å².